The van der Waals surface area contributed by atoms with Gasteiger partial charge in [0.25, 0.3) is 5.91 Å². The zero-order valence-corrected chi connectivity index (χ0v) is 20.8. The highest BCUT2D eigenvalue weighted by molar-refractivity contribution is 6.37. The topological polar surface area (TPSA) is 86.5 Å². The Morgan fingerprint density at radius 2 is 1.80 bits per heavy atom. The number of fused-ring (bicyclic) bond motifs is 1. The van der Waals surface area contributed by atoms with Gasteiger partial charge < -0.3 is 10.4 Å². The maximum absolute atomic E-state index is 13.6. The van der Waals surface area contributed by atoms with Crippen LogP contribution in [0.3, 0.4) is 0 Å². The van der Waals surface area contributed by atoms with E-state index < -0.39 is 0 Å². The molecule has 0 atom stereocenters. The molecule has 9 heteroatoms. The van der Waals surface area contributed by atoms with Crippen molar-refractivity contribution < 1.29 is 9.90 Å². The third-order valence-electron chi connectivity index (χ3n) is 7.61. The van der Waals surface area contributed by atoms with Gasteiger partial charge in [0.05, 0.1) is 22.7 Å². The number of benzene rings is 1. The number of hydrogen-bond donors (Lipinski definition) is 2. The number of hydrogen-bond acceptors (Lipinski definition) is 6. The van der Waals surface area contributed by atoms with E-state index in [1.165, 1.54) is 19.3 Å². The van der Waals surface area contributed by atoms with Gasteiger partial charge >= 0.3 is 0 Å². The summed E-state index contributed by atoms with van der Waals surface area (Å²) in [4.78, 5) is 27.2. The molecule has 1 aliphatic heterocycles. The predicted octanol–water partition coefficient (Wildman–Crippen LogP) is 3.12. The predicted molar refractivity (Wildman–Crippen MR) is 137 cm³/mol. The van der Waals surface area contributed by atoms with Crippen LogP contribution in [0.15, 0.2) is 42.9 Å². The second-order valence-corrected chi connectivity index (χ2v) is 10.0. The molecule has 1 aliphatic carbocycles. The lowest BCUT2D eigenvalue weighted by molar-refractivity contribution is 0.00484. The Labute approximate surface area is 210 Å². The van der Waals surface area contributed by atoms with Crippen molar-refractivity contribution in [2.45, 2.75) is 37.6 Å². The maximum Gasteiger partial charge on any atom is 0.253 e. The highest BCUT2D eigenvalue weighted by atomic mass is 35.5. The average Bonchev–Trinajstić information content (AvgIpc) is 3.30. The molecule has 1 saturated heterocycles. The van der Waals surface area contributed by atoms with E-state index in [9.17, 15) is 9.90 Å². The van der Waals surface area contributed by atoms with Gasteiger partial charge in [0.2, 0.25) is 5.95 Å². The lowest BCUT2D eigenvalue weighted by Crippen LogP contribution is -2.62. The Morgan fingerprint density at radius 3 is 2.51 bits per heavy atom. The number of piperazine rings is 1. The SMILES string of the molecule is O=C(NCC1(N2CCN(CCO)CC2)CCCCC1)c1cn(-c2ncccn2)c2cccc(Cl)c12. The van der Waals surface area contributed by atoms with Crippen LogP contribution in [0.2, 0.25) is 5.02 Å². The first-order valence-electron chi connectivity index (χ1n) is 12.5. The van der Waals surface area contributed by atoms with Gasteiger partial charge in [-0.3, -0.25) is 19.2 Å². The van der Waals surface area contributed by atoms with Crippen molar-refractivity contribution in [2.24, 2.45) is 0 Å². The molecule has 3 aromatic rings. The lowest BCUT2D eigenvalue weighted by Gasteiger charge is -2.50. The zero-order valence-electron chi connectivity index (χ0n) is 20.0. The van der Waals surface area contributed by atoms with Gasteiger partial charge in [0.1, 0.15) is 0 Å². The standard InChI is InChI=1S/C26H33ClN6O2/c27-21-6-4-7-22-23(21)20(18-33(22)25-28-10-5-11-29-25)24(35)30-19-26(8-2-1-3-9-26)32-14-12-31(13-15-32)16-17-34/h4-7,10-11,18,34H,1-3,8-9,12-17,19H2,(H,30,35). The molecule has 0 spiro atoms. The molecule has 0 bridgehead atoms. The number of halogens is 1. The van der Waals surface area contributed by atoms with Gasteiger partial charge in [-0.1, -0.05) is 36.9 Å². The van der Waals surface area contributed by atoms with Crippen LogP contribution in [0.4, 0.5) is 0 Å². The first kappa shape index (κ1) is 24.2. The van der Waals surface area contributed by atoms with Gasteiger partial charge in [-0.25, -0.2) is 9.97 Å². The third kappa shape index (κ3) is 4.93. The van der Waals surface area contributed by atoms with Crippen molar-refractivity contribution in [2.75, 3.05) is 45.9 Å². The van der Waals surface area contributed by atoms with Crippen molar-refractivity contribution in [1.29, 1.82) is 0 Å². The minimum atomic E-state index is -0.123. The second kappa shape index (κ2) is 10.6. The van der Waals surface area contributed by atoms with Gasteiger partial charge in [-0.2, -0.15) is 0 Å². The summed E-state index contributed by atoms with van der Waals surface area (Å²) in [6, 6.07) is 7.39. The number of carbonyl (C=O) groups is 1. The van der Waals surface area contributed by atoms with Crippen molar-refractivity contribution >= 4 is 28.4 Å². The zero-order chi connectivity index (χ0) is 24.3. The van der Waals surface area contributed by atoms with Crippen molar-refractivity contribution in [3.63, 3.8) is 0 Å². The average molecular weight is 497 g/mol. The Hall–Kier alpha value is -2.52. The summed E-state index contributed by atoms with van der Waals surface area (Å²) >= 11 is 6.58. The number of aromatic nitrogens is 3. The lowest BCUT2D eigenvalue weighted by atomic mass is 9.79. The van der Waals surface area contributed by atoms with Gasteiger partial charge in [0.15, 0.2) is 0 Å². The van der Waals surface area contributed by atoms with Crippen LogP contribution in [0, 0.1) is 0 Å². The largest absolute Gasteiger partial charge is 0.395 e. The number of amides is 1. The first-order chi connectivity index (χ1) is 17.1. The Bertz CT molecular complexity index is 1150. The molecular formula is C26H33ClN6O2. The van der Waals surface area contributed by atoms with Crippen LogP contribution in [0.5, 0.6) is 0 Å². The van der Waals surface area contributed by atoms with E-state index >= 15 is 0 Å². The molecule has 0 unspecified atom stereocenters. The van der Waals surface area contributed by atoms with Crippen LogP contribution >= 0.6 is 11.6 Å². The summed E-state index contributed by atoms with van der Waals surface area (Å²) in [5.74, 6) is 0.380. The van der Waals surface area contributed by atoms with E-state index in [1.807, 2.05) is 22.8 Å². The fraction of sp³-hybridized carbons (Fsp3) is 0.500. The molecule has 2 fully saturated rings. The van der Waals surface area contributed by atoms with Gasteiger partial charge in [-0.05, 0) is 31.0 Å². The van der Waals surface area contributed by atoms with Crippen LogP contribution in [-0.2, 0) is 0 Å². The molecule has 5 rings (SSSR count). The molecule has 0 radical (unpaired) electrons. The molecule has 2 aromatic heterocycles. The molecular weight excluding hydrogens is 464 g/mol. The Balaban J connectivity index is 1.38. The first-order valence-corrected chi connectivity index (χ1v) is 12.9. The molecule has 3 heterocycles. The maximum atomic E-state index is 13.6. The summed E-state index contributed by atoms with van der Waals surface area (Å²) < 4.78 is 1.83. The highest BCUT2D eigenvalue weighted by Crippen LogP contribution is 2.35. The van der Waals surface area contributed by atoms with Crippen LogP contribution in [0.1, 0.15) is 42.5 Å². The van der Waals surface area contributed by atoms with Crippen molar-refractivity contribution in [3.05, 3.63) is 53.4 Å². The molecule has 35 heavy (non-hydrogen) atoms. The smallest absolute Gasteiger partial charge is 0.253 e. The Morgan fingerprint density at radius 1 is 1.06 bits per heavy atom. The van der Waals surface area contributed by atoms with E-state index in [4.69, 9.17) is 11.6 Å². The molecule has 2 N–H and O–H groups in total. The van der Waals surface area contributed by atoms with Crippen molar-refractivity contribution in [1.82, 2.24) is 29.7 Å². The summed E-state index contributed by atoms with van der Waals surface area (Å²) in [7, 11) is 0. The quantitative estimate of drug-likeness (QED) is 0.522. The summed E-state index contributed by atoms with van der Waals surface area (Å²) in [6.07, 6.45) is 11.0. The van der Waals surface area contributed by atoms with E-state index in [2.05, 4.69) is 25.1 Å². The molecule has 8 nitrogen and oxygen atoms in total. The van der Waals surface area contributed by atoms with E-state index in [-0.39, 0.29) is 18.1 Å². The van der Waals surface area contributed by atoms with Crippen molar-refractivity contribution in [3.8, 4) is 5.95 Å². The Kier molecular flexibility index (Phi) is 7.34. The third-order valence-corrected chi connectivity index (χ3v) is 7.93. The molecule has 186 valence electrons. The van der Waals surface area contributed by atoms with E-state index in [0.717, 1.165) is 56.5 Å². The summed E-state index contributed by atoms with van der Waals surface area (Å²) in [6.45, 7) is 5.38. The fourth-order valence-corrected chi connectivity index (χ4v) is 6.01. The number of carbonyl (C=O) groups excluding carboxylic acids is 1. The number of nitrogens with zero attached hydrogens (tertiary/aromatic N) is 5. The van der Waals surface area contributed by atoms with Crippen LogP contribution in [-0.4, -0.2) is 86.8 Å². The number of aliphatic hydroxyl groups excluding tert-OH is 1. The van der Waals surface area contributed by atoms with Gasteiger partial charge in [-0.15, -0.1) is 0 Å². The molecule has 1 saturated carbocycles. The number of rotatable bonds is 7. The normalized spacial score (nSPS) is 19.1. The minimum absolute atomic E-state index is 0.0239. The van der Waals surface area contributed by atoms with Crippen LogP contribution < -0.4 is 5.32 Å². The molecule has 1 aromatic carbocycles. The summed E-state index contributed by atoms with van der Waals surface area (Å²) in [5, 5.41) is 13.8. The highest BCUT2D eigenvalue weighted by Gasteiger charge is 2.39. The fourth-order valence-electron chi connectivity index (χ4n) is 5.74. The van der Waals surface area contributed by atoms with Gasteiger partial charge in [0, 0.05) is 68.8 Å². The number of aliphatic hydroxyl groups is 1. The molecule has 2 aliphatic rings. The van der Waals surface area contributed by atoms with E-state index in [0.29, 0.717) is 23.1 Å². The van der Waals surface area contributed by atoms with E-state index in [1.54, 1.807) is 24.7 Å². The summed E-state index contributed by atoms with van der Waals surface area (Å²) in [5.41, 5.74) is 1.32. The number of β-amino-alcohol motifs (C(OH)–C–C–N with tert-alkyl or cyclic N) is 1. The van der Waals surface area contributed by atoms with Crippen LogP contribution in [0.25, 0.3) is 16.9 Å². The monoisotopic (exact) mass is 496 g/mol. The molecule has 1 amide bonds. The number of nitrogens with one attached hydrogen (secondary N) is 1. The second-order valence-electron chi connectivity index (χ2n) is 9.62. The minimum Gasteiger partial charge on any atom is -0.395 e.